The number of furan rings is 2. The first kappa shape index (κ1) is 78.5. The molecule has 0 saturated heterocycles. The van der Waals surface area contributed by atoms with E-state index in [1.165, 1.54) is 92.8 Å². The third-order valence-electron chi connectivity index (χ3n) is 16.7. The maximum Gasteiger partial charge on any atom is 1.00 e. The van der Waals surface area contributed by atoms with Gasteiger partial charge >= 0.3 is 89.5 Å². The van der Waals surface area contributed by atoms with E-state index in [4.69, 9.17) is 34.5 Å². The molecule has 12 aromatic carbocycles. The molecule has 98 heavy (non-hydrogen) atoms. The summed E-state index contributed by atoms with van der Waals surface area (Å²) >= 11 is 0. The van der Waals surface area contributed by atoms with Crippen molar-refractivity contribution >= 4 is 118 Å². The summed E-state index contributed by atoms with van der Waals surface area (Å²) < 4.78 is 11.3. The van der Waals surface area contributed by atoms with Gasteiger partial charge in [0.25, 0.3) is 0 Å². The van der Waals surface area contributed by atoms with Crippen molar-refractivity contribution in [2.24, 2.45) is 0 Å². The summed E-state index contributed by atoms with van der Waals surface area (Å²) in [7, 11) is -2.86. The summed E-state index contributed by atoms with van der Waals surface area (Å²) in [6.45, 7) is 0. The Morgan fingerprint density at radius 1 is 0.214 bits per heavy atom. The molecule has 0 amide bonds. The number of hydrogen-bond acceptors (Lipinski definition) is 2. The second-order valence-electron chi connectivity index (χ2n) is 22.8. The molecule has 10 heteroatoms. The van der Waals surface area contributed by atoms with Gasteiger partial charge in [-0.05, 0) is 147 Å². The zero-order chi connectivity index (χ0) is 64.5. The Labute approximate surface area is 647 Å². The Kier molecular flexibility index (Phi) is 33.4. The van der Waals surface area contributed by atoms with Gasteiger partial charge in [0.05, 0.1) is 98.8 Å². The van der Waals surface area contributed by atoms with E-state index in [1.807, 2.05) is 48.5 Å². The number of benzene rings is 12. The molecule has 0 N–H and O–H groups in total. The fourth-order valence-electron chi connectivity index (χ4n) is 12.0. The fourth-order valence-corrected chi connectivity index (χ4v) is 22.8. The van der Waals surface area contributed by atoms with E-state index >= 15 is 0 Å². The quantitative estimate of drug-likeness (QED) is 0.0281. The molecule has 0 radical (unpaired) electrons. The van der Waals surface area contributed by atoms with Gasteiger partial charge in [-0.1, -0.05) is 146 Å². The third kappa shape index (κ3) is 21.6. The van der Waals surface area contributed by atoms with Crippen molar-refractivity contribution in [3.8, 4) is 23.7 Å². The van der Waals surface area contributed by atoms with Crippen LogP contribution in [-0.4, -0.2) is 24.6 Å². The summed E-state index contributed by atoms with van der Waals surface area (Å²) in [5, 5.41) is 16.0. The molecule has 0 fully saturated rings. The number of rotatable bonds is 18. The Morgan fingerprint density at radius 2 is 0.367 bits per heavy atom. The predicted molar refractivity (Wildman–Crippen MR) is 412 cm³/mol. The van der Waals surface area contributed by atoms with Gasteiger partial charge in [-0.2, -0.15) is 0 Å². The molecule has 0 atom stereocenters. The van der Waals surface area contributed by atoms with Crippen LogP contribution < -0.4 is 42.4 Å². The minimum absolute atomic E-state index is 0. The van der Waals surface area contributed by atoms with Gasteiger partial charge in [-0.3, -0.25) is 23.7 Å². The van der Waals surface area contributed by atoms with Gasteiger partial charge in [0, 0.05) is 21.5 Å². The third-order valence-corrected chi connectivity index (χ3v) is 28.4. The van der Waals surface area contributed by atoms with Crippen LogP contribution in [0.2, 0.25) is 0 Å². The van der Waals surface area contributed by atoms with Crippen molar-refractivity contribution in [2.45, 2.75) is 25.7 Å². The van der Waals surface area contributed by atoms with Gasteiger partial charge in [-0.25, -0.2) is 0 Å². The van der Waals surface area contributed by atoms with Gasteiger partial charge in [0.2, 0.25) is 0 Å². The molecular formula is C88H72Au4O2P4+4. The Morgan fingerprint density at radius 3 is 0.510 bits per heavy atom. The molecule has 0 unspecified atom stereocenters. The molecule has 0 aliphatic rings. The van der Waals surface area contributed by atoms with Crippen LogP contribution in [0.25, 0.3) is 43.9 Å². The topological polar surface area (TPSA) is 26.3 Å². The summed E-state index contributed by atoms with van der Waals surface area (Å²) in [6, 6.07) is 111. The first-order valence-electron chi connectivity index (χ1n) is 32.0. The Balaban J connectivity index is 0.000000187. The van der Waals surface area contributed by atoms with Crippen molar-refractivity contribution in [2.75, 3.05) is 24.6 Å². The molecule has 0 aliphatic carbocycles. The zero-order valence-electron chi connectivity index (χ0n) is 53.7. The molecule has 496 valence electrons. The molecule has 0 aliphatic heterocycles. The minimum Gasteiger partial charge on any atom is -0.456 e. The summed E-state index contributed by atoms with van der Waals surface area (Å²) in [4.78, 5) is 0. The van der Waals surface area contributed by atoms with E-state index in [9.17, 15) is 0 Å². The number of hydrogen-bond donors (Lipinski definition) is 0. The summed E-state index contributed by atoms with van der Waals surface area (Å²) in [5.41, 5.74) is 5.97. The molecule has 0 bridgehead atoms. The van der Waals surface area contributed by atoms with E-state index in [0.717, 1.165) is 43.9 Å². The van der Waals surface area contributed by atoms with E-state index in [2.05, 4.69) is 266 Å². The molecule has 2 heterocycles. The monoisotopic (exact) mass is 2070 g/mol. The van der Waals surface area contributed by atoms with Crippen LogP contribution >= 0.6 is 31.7 Å². The van der Waals surface area contributed by atoms with E-state index < -0.39 is 31.7 Å². The average molecular weight is 2070 g/mol. The molecule has 14 rings (SSSR count). The van der Waals surface area contributed by atoms with E-state index in [-0.39, 0.29) is 89.5 Å². The van der Waals surface area contributed by atoms with Crippen LogP contribution in [0.3, 0.4) is 0 Å². The van der Waals surface area contributed by atoms with E-state index in [1.54, 1.807) is 24.3 Å². The van der Waals surface area contributed by atoms with Gasteiger partial charge in [0.1, 0.15) is 22.3 Å². The standard InChI is InChI=1S/2C28H28P2.2C16H6O.4Au/c2*1-5-15-25(16-6-1)29(26-17-7-2-8-18-26)23-13-14-24-30(27-19-9-3-10-20-27)28-21-11-4-12-22-28;2*1-3-11-5-7-15-13(9-11)14-10-12(4-2)6-8-16(14)17-15;;;;/h2*1-12,15-22H,13-14,23-24H2;2*5-10H;;;;/q;;2*-2;4*+1/p+4. The molecule has 0 spiro atoms. The minimum atomic E-state index is -0.714. The SMILES string of the molecule is [Au+].[Au+].[Au+].[Au+].[C-]#Cc1ccc2oc3ccc(C#[C-])cc3c2c1.[C-]#Cc1ccc2oc3ccc(C#[C-])cc3c2c1.c1ccc([PH+](CCCC[PH+](c2ccccc2)c2ccccc2)c2ccccc2)cc1.c1ccc([PH+](CCCC[PH+](c2ccccc2)c2ccccc2)c2ccccc2)cc1. The molecule has 2 aromatic heterocycles. The van der Waals surface area contributed by atoms with Gasteiger partial charge in [0.15, 0.2) is 0 Å². The van der Waals surface area contributed by atoms with Gasteiger partial charge < -0.3 is 34.5 Å². The van der Waals surface area contributed by atoms with Crippen molar-refractivity contribution in [1.29, 1.82) is 0 Å². The molecule has 0 saturated carbocycles. The molecular weight excluding hydrogens is 2000 g/mol. The maximum absolute atomic E-state index is 7.14. The van der Waals surface area contributed by atoms with Crippen LogP contribution in [0.1, 0.15) is 47.9 Å². The largest absolute Gasteiger partial charge is 1.00 e. The van der Waals surface area contributed by atoms with Crippen LogP contribution in [-0.2, 0) is 89.5 Å². The first-order valence-corrected chi connectivity index (χ1v) is 38.8. The van der Waals surface area contributed by atoms with Crippen LogP contribution in [0.5, 0.6) is 0 Å². The van der Waals surface area contributed by atoms with Crippen molar-refractivity contribution in [1.82, 2.24) is 0 Å². The first-order chi connectivity index (χ1) is 46.5. The number of fused-ring (bicyclic) bond motifs is 6. The molecule has 14 aromatic rings. The van der Waals surface area contributed by atoms with Gasteiger partial charge in [-0.15, -0.1) is 70.8 Å². The number of unbranched alkanes of at least 4 members (excludes halogenated alkanes) is 2. The van der Waals surface area contributed by atoms with Crippen molar-refractivity contribution < 1.29 is 98.4 Å². The van der Waals surface area contributed by atoms with Crippen LogP contribution in [0, 0.1) is 49.4 Å². The Bertz CT molecular complexity index is 4080. The average Bonchev–Trinajstić information content (AvgIpc) is 1.64. The van der Waals surface area contributed by atoms with Crippen LogP contribution in [0.15, 0.2) is 324 Å². The van der Waals surface area contributed by atoms with Crippen LogP contribution in [0.4, 0.5) is 0 Å². The summed E-state index contributed by atoms with van der Waals surface area (Å²) in [6.07, 6.45) is 38.9. The predicted octanol–water partition coefficient (Wildman–Crippen LogP) is 17.9. The second kappa shape index (κ2) is 41.7. The Hall–Kier alpha value is -6.84. The fraction of sp³-hybridized carbons (Fsp3) is 0.0909. The van der Waals surface area contributed by atoms with E-state index in [0.29, 0.717) is 22.3 Å². The summed E-state index contributed by atoms with van der Waals surface area (Å²) in [5.74, 6) is 9.43. The smallest absolute Gasteiger partial charge is 0.456 e. The maximum atomic E-state index is 7.14. The van der Waals surface area contributed by atoms with Crippen molar-refractivity contribution in [3.63, 3.8) is 0 Å². The zero-order valence-corrected chi connectivity index (χ0v) is 66.4. The van der Waals surface area contributed by atoms with Crippen molar-refractivity contribution in [3.05, 3.63) is 363 Å². The normalized spacial score (nSPS) is 10.4. The molecule has 2 nitrogen and oxygen atoms in total. The second-order valence-corrected chi connectivity index (χ2v) is 33.3.